The van der Waals surface area contributed by atoms with Crippen molar-refractivity contribution in [1.29, 1.82) is 0 Å². The SMILES string of the molecule is O=C(NCCc1cn2ccccc2n1)N1CCN(c2ncn[nH]2)CC1. The van der Waals surface area contributed by atoms with Crippen molar-refractivity contribution in [3.63, 3.8) is 0 Å². The molecule has 0 atom stereocenters. The number of hydrogen-bond acceptors (Lipinski definition) is 5. The van der Waals surface area contributed by atoms with E-state index in [1.807, 2.05) is 39.9 Å². The molecule has 0 aromatic carbocycles. The molecule has 9 nitrogen and oxygen atoms in total. The molecule has 4 heterocycles. The minimum atomic E-state index is -0.0269. The van der Waals surface area contributed by atoms with Crippen LogP contribution in [0.4, 0.5) is 10.7 Å². The highest BCUT2D eigenvalue weighted by Crippen LogP contribution is 2.09. The molecule has 1 saturated heterocycles. The summed E-state index contributed by atoms with van der Waals surface area (Å²) in [6.07, 6.45) is 6.18. The smallest absolute Gasteiger partial charge is 0.317 e. The highest BCUT2D eigenvalue weighted by atomic mass is 16.2. The second-order valence-electron chi connectivity index (χ2n) is 5.96. The van der Waals surface area contributed by atoms with Gasteiger partial charge in [-0.05, 0) is 12.1 Å². The number of piperazine rings is 1. The monoisotopic (exact) mass is 340 g/mol. The fourth-order valence-electron chi connectivity index (χ4n) is 2.99. The summed E-state index contributed by atoms with van der Waals surface area (Å²) in [5, 5.41) is 9.69. The van der Waals surface area contributed by atoms with Gasteiger partial charge in [0.25, 0.3) is 0 Å². The first-order valence-corrected chi connectivity index (χ1v) is 8.35. The number of H-pyrrole nitrogens is 1. The van der Waals surface area contributed by atoms with Crippen LogP contribution in [0.2, 0.25) is 0 Å². The van der Waals surface area contributed by atoms with Gasteiger partial charge in [-0.15, -0.1) is 0 Å². The van der Waals surface area contributed by atoms with E-state index in [4.69, 9.17) is 0 Å². The van der Waals surface area contributed by atoms with Gasteiger partial charge >= 0.3 is 6.03 Å². The van der Waals surface area contributed by atoms with Gasteiger partial charge in [0.05, 0.1) is 5.69 Å². The van der Waals surface area contributed by atoms with Gasteiger partial charge in [0.2, 0.25) is 5.95 Å². The summed E-state index contributed by atoms with van der Waals surface area (Å²) in [6, 6.07) is 5.88. The van der Waals surface area contributed by atoms with Crippen molar-refractivity contribution in [2.24, 2.45) is 0 Å². The molecular weight excluding hydrogens is 320 g/mol. The molecule has 0 spiro atoms. The first-order chi connectivity index (χ1) is 12.3. The Morgan fingerprint density at radius 3 is 2.88 bits per heavy atom. The summed E-state index contributed by atoms with van der Waals surface area (Å²) >= 11 is 0. The van der Waals surface area contributed by atoms with Gasteiger partial charge in [-0.25, -0.2) is 14.9 Å². The zero-order chi connectivity index (χ0) is 17.1. The van der Waals surface area contributed by atoms with Gasteiger partial charge in [0.15, 0.2) is 0 Å². The van der Waals surface area contributed by atoms with Crippen LogP contribution in [0.1, 0.15) is 5.69 Å². The number of hydrogen-bond donors (Lipinski definition) is 2. The van der Waals surface area contributed by atoms with E-state index in [9.17, 15) is 4.79 Å². The number of pyridine rings is 1. The number of aromatic amines is 1. The number of urea groups is 1. The number of carbonyl (C=O) groups is 1. The van der Waals surface area contributed by atoms with Crippen molar-refractivity contribution >= 4 is 17.6 Å². The van der Waals surface area contributed by atoms with E-state index in [2.05, 4.69) is 30.4 Å². The van der Waals surface area contributed by atoms with Crippen molar-refractivity contribution in [2.75, 3.05) is 37.6 Å². The predicted octanol–water partition coefficient (Wildman–Crippen LogP) is 0.527. The van der Waals surface area contributed by atoms with Crippen LogP contribution in [-0.4, -0.2) is 68.2 Å². The van der Waals surface area contributed by atoms with Crippen molar-refractivity contribution in [2.45, 2.75) is 6.42 Å². The van der Waals surface area contributed by atoms with Crippen molar-refractivity contribution in [3.8, 4) is 0 Å². The minimum Gasteiger partial charge on any atom is -0.338 e. The molecule has 1 aliphatic rings. The molecule has 3 aromatic rings. The quantitative estimate of drug-likeness (QED) is 0.722. The Kier molecular flexibility index (Phi) is 4.19. The zero-order valence-corrected chi connectivity index (χ0v) is 13.8. The largest absolute Gasteiger partial charge is 0.338 e. The van der Waals surface area contributed by atoms with Gasteiger partial charge in [-0.2, -0.15) is 10.1 Å². The maximum absolute atomic E-state index is 12.3. The topological polar surface area (TPSA) is 94.5 Å². The lowest BCUT2D eigenvalue weighted by molar-refractivity contribution is 0.194. The molecule has 2 amide bonds. The number of aromatic nitrogens is 5. The second-order valence-corrected chi connectivity index (χ2v) is 5.96. The molecule has 1 aliphatic heterocycles. The summed E-state index contributed by atoms with van der Waals surface area (Å²) in [5.41, 5.74) is 1.90. The third kappa shape index (κ3) is 3.39. The van der Waals surface area contributed by atoms with Gasteiger partial charge in [0.1, 0.15) is 12.0 Å². The Hall–Kier alpha value is -3.10. The molecule has 130 valence electrons. The predicted molar refractivity (Wildman–Crippen MR) is 92.5 cm³/mol. The molecular formula is C16H20N8O. The number of imidazole rings is 1. The van der Waals surface area contributed by atoms with Crippen LogP contribution < -0.4 is 10.2 Å². The molecule has 0 saturated carbocycles. The van der Waals surface area contributed by atoms with E-state index in [1.54, 1.807) is 0 Å². The number of anilines is 1. The molecule has 2 N–H and O–H groups in total. The average Bonchev–Trinajstić information content (AvgIpc) is 3.31. The standard InChI is InChI=1S/C16H20N8O/c25-16(23-9-7-22(8-10-23)15-18-12-19-21-15)17-5-4-13-11-24-6-2-1-3-14(24)20-13/h1-3,6,11-12H,4-5,7-10H2,(H,17,25)(H,18,19,21). The molecule has 4 rings (SSSR count). The molecule has 3 aromatic heterocycles. The molecule has 9 heteroatoms. The highest BCUT2D eigenvalue weighted by molar-refractivity contribution is 5.74. The third-order valence-electron chi connectivity index (χ3n) is 4.34. The minimum absolute atomic E-state index is 0.0269. The van der Waals surface area contributed by atoms with Gasteiger partial charge < -0.3 is 19.5 Å². The lowest BCUT2D eigenvalue weighted by Gasteiger charge is -2.34. The fraction of sp³-hybridized carbons (Fsp3) is 0.375. The normalized spacial score (nSPS) is 14.9. The fourth-order valence-corrected chi connectivity index (χ4v) is 2.99. The molecule has 0 radical (unpaired) electrons. The van der Waals surface area contributed by atoms with Crippen LogP contribution in [0.5, 0.6) is 0 Å². The van der Waals surface area contributed by atoms with E-state index < -0.39 is 0 Å². The number of amides is 2. The first kappa shape index (κ1) is 15.4. The Labute approximate surface area is 144 Å². The van der Waals surface area contributed by atoms with Crippen LogP contribution in [-0.2, 0) is 6.42 Å². The van der Waals surface area contributed by atoms with Gasteiger partial charge in [-0.3, -0.25) is 0 Å². The maximum Gasteiger partial charge on any atom is 0.317 e. The van der Waals surface area contributed by atoms with Crippen LogP contribution in [0.3, 0.4) is 0 Å². The molecule has 1 fully saturated rings. The summed E-state index contributed by atoms with van der Waals surface area (Å²) in [7, 11) is 0. The van der Waals surface area contributed by atoms with Crippen molar-refractivity contribution in [3.05, 3.63) is 42.6 Å². The van der Waals surface area contributed by atoms with E-state index in [0.717, 1.165) is 30.4 Å². The van der Waals surface area contributed by atoms with E-state index in [1.165, 1.54) is 6.33 Å². The third-order valence-corrected chi connectivity index (χ3v) is 4.34. The molecule has 0 aliphatic carbocycles. The number of rotatable bonds is 4. The van der Waals surface area contributed by atoms with Gasteiger partial charge in [0, 0.05) is 51.5 Å². The summed E-state index contributed by atoms with van der Waals surface area (Å²) in [4.78, 5) is 24.9. The molecule has 0 bridgehead atoms. The lowest BCUT2D eigenvalue weighted by atomic mass is 10.3. The van der Waals surface area contributed by atoms with Crippen LogP contribution >= 0.6 is 0 Å². The Bertz CT molecular complexity index is 802. The Morgan fingerprint density at radius 1 is 1.24 bits per heavy atom. The van der Waals surface area contributed by atoms with E-state index in [-0.39, 0.29) is 6.03 Å². The van der Waals surface area contributed by atoms with Crippen molar-refractivity contribution < 1.29 is 4.79 Å². The number of fused-ring (bicyclic) bond motifs is 1. The number of nitrogens with zero attached hydrogens (tertiary/aromatic N) is 6. The van der Waals surface area contributed by atoms with E-state index >= 15 is 0 Å². The van der Waals surface area contributed by atoms with E-state index in [0.29, 0.717) is 26.1 Å². The number of nitrogens with one attached hydrogen (secondary N) is 2. The average molecular weight is 340 g/mol. The first-order valence-electron chi connectivity index (χ1n) is 8.35. The maximum atomic E-state index is 12.3. The zero-order valence-electron chi connectivity index (χ0n) is 13.8. The molecule has 25 heavy (non-hydrogen) atoms. The Balaban J connectivity index is 1.24. The van der Waals surface area contributed by atoms with Crippen molar-refractivity contribution in [1.82, 2.24) is 34.8 Å². The summed E-state index contributed by atoms with van der Waals surface area (Å²) in [6.45, 7) is 3.40. The summed E-state index contributed by atoms with van der Waals surface area (Å²) < 4.78 is 1.99. The Morgan fingerprint density at radius 2 is 2.12 bits per heavy atom. The van der Waals surface area contributed by atoms with Crippen LogP contribution in [0.15, 0.2) is 36.9 Å². The second kappa shape index (κ2) is 6.80. The lowest BCUT2D eigenvalue weighted by Crippen LogP contribution is -2.52. The molecule has 0 unspecified atom stereocenters. The van der Waals surface area contributed by atoms with Crippen LogP contribution in [0.25, 0.3) is 5.65 Å². The summed E-state index contributed by atoms with van der Waals surface area (Å²) in [5.74, 6) is 0.756. The highest BCUT2D eigenvalue weighted by Gasteiger charge is 2.22. The van der Waals surface area contributed by atoms with Crippen LogP contribution in [0, 0.1) is 0 Å². The van der Waals surface area contributed by atoms with Gasteiger partial charge in [-0.1, -0.05) is 6.07 Å². The number of carbonyl (C=O) groups excluding carboxylic acids is 1.